The molecule has 0 aromatic heterocycles. The van der Waals surface area contributed by atoms with Crippen molar-refractivity contribution in [3.05, 3.63) is 0 Å². The fraction of sp³-hybridized carbons (Fsp3) is 0.800. The summed E-state index contributed by atoms with van der Waals surface area (Å²) in [5.74, 6) is -0.0377. The van der Waals surface area contributed by atoms with E-state index in [0.29, 0.717) is 13.1 Å². The first-order valence-electron chi connectivity index (χ1n) is 5.21. The SMILES string of the molecule is CC(C)[C@@H](N)C(=O)N1CCN(C)C(=O)C1. The number of nitrogens with zero attached hydrogens (tertiary/aromatic N) is 2. The van der Waals surface area contributed by atoms with Crippen molar-refractivity contribution in [3.63, 3.8) is 0 Å². The number of likely N-dealkylation sites (N-methyl/N-ethyl adjacent to an activating group) is 1. The monoisotopic (exact) mass is 213 g/mol. The van der Waals surface area contributed by atoms with E-state index in [4.69, 9.17) is 5.73 Å². The number of hydrogen-bond donors (Lipinski definition) is 1. The van der Waals surface area contributed by atoms with Crippen LogP contribution >= 0.6 is 0 Å². The maximum absolute atomic E-state index is 11.8. The van der Waals surface area contributed by atoms with Crippen molar-refractivity contribution in [2.75, 3.05) is 26.7 Å². The summed E-state index contributed by atoms with van der Waals surface area (Å²) in [5.41, 5.74) is 5.75. The van der Waals surface area contributed by atoms with Gasteiger partial charge in [-0.05, 0) is 5.92 Å². The number of carbonyl (C=O) groups excluding carboxylic acids is 2. The van der Waals surface area contributed by atoms with Gasteiger partial charge >= 0.3 is 0 Å². The zero-order valence-corrected chi connectivity index (χ0v) is 9.56. The van der Waals surface area contributed by atoms with Gasteiger partial charge in [0.2, 0.25) is 11.8 Å². The van der Waals surface area contributed by atoms with Crippen LogP contribution in [-0.4, -0.2) is 54.3 Å². The highest BCUT2D eigenvalue weighted by atomic mass is 16.2. The molecule has 0 spiro atoms. The summed E-state index contributed by atoms with van der Waals surface area (Å²) in [7, 11) is 1.74. The first-order chi connectivity index (χ1) is 6.93. The zero-order valence-electron chi connectivity index (χ0n) is 9.56. The third-order valence-electron chi connectivity index (χ3n) is 2.77. The summed E-state index contributed by atoms with van der Waals surface area (Å²) in [6, 6.07) is -0.499. The highest BCUT2D eigenvalue weighted by molar-refractivity contribution is 5.88. The molecule has 0 bridgehead atoms. The van der Waals surface area contributed by atoms with E-state index in [1.54, 1.807) is 16.8 Å². The lowest BCUT2D eigenvalue weighted by Gasteiger charge is -2.34. The third kappa shape index (κ3) is 2.68. The van der Waals surface area contributed by atoms with Gasteiger partial charge in [0.05, 0.1) is 12.6 Å². The Balaban J connectivity index is 2.58. The first-order valence-corrected chi connectivity index (χ1v) is 5.21. The van der Waals surface area contributed by atoms with Gasteiger partial charge in [-0.25, -0.2) is 0 Å². The molecule has 0 aromatic rings. The van der Waals surface area contributed by atoms with E-state index in [9.17, 15) is 9.59 Å². The van der Waals surface area contributed by atoms with Crippen molar-refractivity contribution >= 4 is 11.8 Å². The Bertz CT molecular complexity index is 265. The lowest BCUT2D eigenvalue weighted by Crippen LogP contribution is -2.55. The van der Waals surface area contributed by atoms with Crippen LogP contribution in [0, 0.1) is 5.92 Å². The minimum absolute atomic E-state index is 0.0226. The largest absolute Gasteiger partial charge is 0.342 e. The van der Waals surface area contributed by atoms with Gasteiger partial charge in [0.1, 0.15) is 0 Å². The van der Waals surface area contributed by atoms with Gasteiger partial charge in [-0.3, -0.25) is 9.59 Å². The molecule has 0 unspecified atom stereocenters. The molecule has 1 aliphatic heterocycles. The fourth-order valence-corrected chi connectivity index (χ4v) is 1.44. The van der Waals surface area contributed by atoms with Gasteiger partial charge in [0.25, 0.3) is 0 Å². The quantitative estimate of drug-likeness (QED) is 0.657. The van der Waals surface area contributed by atoms with Gasteiger partial charge in [-0.1, -0.05) is 13.8 Å². The standard InChI is InChI=1S/C10H19N3O2/c1-7(2)9(11)10(15)13-5-4-12(3)8(14)6-13/h7,9H,4-6,11H2,1-3H3/t9-/m1/s1. The molecule has 5 nitrogen and oxygen atoms in total. The van der Waals surface area contributed by atoms with Crippen molar-refractivity contribution in [1.82, 2.24) is 9.80 Å². The summed E-state index contributed by atoms with van der Waals surface area (Å²) < 4.78 is 0. The summed E-state index contributed by atoms with van der Waals surface area (Å²) in [6.45, 7) is 5.15. The molecule has 0 aliphatic carbocycles. The predicted octanol–water partition coefficient (Wildman–Crippen LogP) is -0.730. The molecule has 1 fully saturated rings. The van der Waals surface area contributed by atoms with Gasteiger partial charge in [0.15, 0.2) is 0 Å². The lowest BCUT2D eigenvalue weighted by atomic mass is 10.0. The van der Waals surface area contributed by atoms with Crippen LogP contribution in [0.15, 0.2) is 0 Å². The van der Waals surface area contributed by atoms with E-state index in [1.165, 1.54) is 0 Å². The molecule has 5 heteroatoms. The molecule has 1 rings (SSSR count). The van der Waals surface area contributed by atoms with Gasteiger partial charge in [-0.2, -0.15) is 0 Å². The summed E-state index contributed by atoms with van der Waals surface area (Å²) in [4.78, 5) is 26.4. The summed E-state index contributed by atoms with van der Waals surface area (Å²) in [6.07, 6.45) is 0. The topological polar surface area (TPSA) is 66.6 Å². The van der Waals surface area contributed by atoms with Crippen LogP contribution in [0.5, 0.6) is 0 Å². The number of carbonyl (C=O) groups is 2. The smallest absolute Gasteiger partial charge is 0.241 e. The minimum Gasteiger partial charge on any atom is -0.342 e. The lowest BCUT2D eigenvalue weighted by molar-refractivity contribution is -0.145. The maximum Gasteiger partial charge on any atom is 0.241 e. The van der Waals surface area contributed by atoms with Crippen molar-refractivity contribution in [3.8, 4) is 0 Å². The molecule has 1 atom stereocenters. The van der Waals surface area contributed by atoms with Crippen LogP contribution in [-0.2, 0) is 9.59 Å². The number of amides is 2. The van der Waals surface area contributed by atoms with Crippen molar-refractivity contribution in [2.24, 2.45) is 11.7 Å². The van der Waals surface area contributed by atoms with E-state index in [2.05, 4.69) is 0 Å². The van der Waals surface area contributed by atoms with Gasteiger partial charge in [-0.15, -0.1) is 0 Å². The second-order valence-electron chi connectivity index (χ2n) is 4.34. The van der Waals surface area contributed by atoms with Crippen molar-refractivity contribution in [2.45, 2.75) is 19.9 Å². The average molecular weight is 213 g/mol. The Hall–Kier alpha value is -1.10. The fourth-order valence-electron chi connectivity index (χ4n) is 1.44. The normalized spacial score (nSPS) is 19.7. The molecule has 15 heavy (non-hydrogen) atoms. The van der Waals surface area contributed by atoms with Crippen LogP contribution in [0.25, 0.3) is 0 Å². The number of piperazine rings is 1. The maximum atomic E-state index is 11.8. The average Bonchev–Trinajstić information content (AvgIpc) is 2.19. The van der Waals surface area contributed by atoms with Crippen LogP contribution in [0.4, 0.5) is 0 Å². The van der Waals surface area contributed by atoms with E-state index in [0.717, 1.165) is 0 Å². The molecule has 1 saturated heterocycles. The third-order valence-corrected chi connectivity index (χ3v) is 2.77. The molecule has 86 valence electrons. The molecular formula is C10H19N3O2. The number of rotatable bonds is 2. The molecule has 1 heterocycles. The van der Waals surface area contributed by atoms with Crippen LogP contribution in [0.1, 0.15) is 13.8 Å². The van der Waals surface area contributed by atoms with E-state index in [-0.39, 0.29) is 24.3 Å². The Labute approximate surface area is 90.2 Å². The number of nitrogens with two attached hydrogens (primary N) is 1. The Morgan fingerprint density at radius 2 is 2.00 bits per heavy atom. The molecule has 2 amide bonds. The summed E-state index contributed by atoms with van der Waals surface area (Å²) >= 11 is 0. The second kappa shape index (κ2) is 4.61. The van der Waals surface area contributed by atoms with Crippen molar-refractivity contribution < 1.29 is 9.59 Å². The van der Waals surface area contributed by atoms with Gasteiger partial charge < -0.3 is 15.5 Å². The Morgan fingerprint density at radius 1 is 1.40 bits per heavy atom. The zero-order chi connectivity index (χ0) is 11.6. The van der Waals surface area contributed by atoms with Gasteiger partial charge in [0, 0.05) is 20.1 Å². The predicted molar refractivity (Wildman–Crippen MR) is 57.0 cm³/mol. The highest BCUT2D eigenvalue weighted by Crippen LogP contribution is 2.07. The Kier molecular flexibility index (Phi) is 3.68. The molecular weight excluding hydrogens is 194 g/mol. The van der Waals surface area contributed by atoms with Crippen LogP contribution in [0.2, 0.25) is 0 Å². The van der Waals surface area contributed by atoms with E-state index >= 15 is 0 Å². The summed E-state index contributed by atoms with van der Waals surface area (Å²) in [5, 5.41) is 0. The Morgan fingerprint density at radius 3 is 2.47 bits per heavy atom. The number of hydrogen-bond acceptors (Lipinski definition) is 3. The highest BCUT2D eigenvalue weighted by Gasteiger charge is 2.29. The minimum atomic E-state index is -0.499. The molecule has 0 saturated carbocycles. The van der Waals surface area contributed by atoms with Crippen LogP contribution in [0.3, 0.4) is 0 Å². The van der Waals surface area contributed by atoms with E-state index < -0.39 is 6.04 Å². The second-order valence-corrected chi connectivity index (χ2v) is 4.34. The molecule has 1 aliphatic rings. The first kappa shape index (κ1) is 12.0. The molecule has 0 aromatic carbocycles. The van der Waals surface area contributed by atoms with Crippen LogP contribution < -0.4 is 5.73 Å². The van der Waals surface area contributed by atoms with E-state index in [1.807, 2.05) is 13.8 Å². The molecule has 2 N–H and O–H groups in total. The van der Waals surface area contributed by atoms with Crippen molar-refractivity contribution in [1.29, 1.82) is 0 Å². The molecule has 0 radical (unpaired) electrons.